The lowest BCUT2D eigenvalue weighted by molar-refractivity contribution is -0.382. The third-order valence-corrected chi connectivity index (χ3v) is 3.72. The predicted molar refractivity (Wildman–Crippen MR) is 77.8 cm³/mol. The summed E-state index contributed by atoms with van der Waals surface area (Å²) >= 11 is 0. The smallest absolute Gasteiger partial charge is 0.301 e. The van der Waals surface area contributed by atoms with Crippen LogP contribution in [-0.4, -0.2) is 29.0 Å². The minimum Gasteiger partial charge on any atom is -0.364 e. The van der Waals surface area contributed by atoms with E-state index in [1.165, 1.54) is 0 Å². The first-order valence-electron chi connectivity index (χ1n) is 6.69. The first-order valence-corrected chi connectivity index (χ1v) is 6.69. The van der Waals surface area contributed by atoms with Crippen molar-refractivity contribution in [3.8, 4) is 0 Å². The van der Waals surface area contributed by atoms with Crippen molar-refractivity contribution < 1.29 is 4.92 Å². The summed E-state index contributed by atoms with van der Waals surface area (Å²) in [5.74, 6) is 0. The van der Waals surface area contributed by atoms with E-state index in [1.54, 1.807) is 24.4 Å². The predicted octanol–water partition coefficient (Wildman–Crippen LogP) is 2.07. The molecule has 0 spiro atoms. The Morgan fingerprint density at radius 1 is 1.40 bits per heavy atom. The molecule has 6 nitrogen and oxygen atoms in total. The molecule has 104 valence electrons. The fraction of sp³-hybridized carbons (Fsp3) is 0.357. The first kappa shape index (κ1) is 12.8. The molecule has 2 aromatic rings. The van der Waals surface area contributed by atoms with Crippen molar-refractivity contribution in [3.05, 3.63) is 40.6 Å². The summed E-state index contributed by atoms with van der Waals surface area (Å²) in [6.45, 7) is 1.47. The van der Waals surface area contributed by atoms with Gasteiger partial charge in [0.05, 0.1) is 15.8 Å². The molecule has 0 aliphatic carbocycles. The maximum atomic E-state index is 11.5. The van der Waals surface area contributed by atoms with Crippen LogP contribution in [0.3, 0.4) is 0 Å². The number of piperidine rings is 1. The van der Waals surface area contributed by atoms with Crippen molar-refractivity contribution in [3.63, 3.8) is 0 Å². The van der Waals surface area contributed by atoms with E-state index in [0.29, 0.717) is 23.1 Å². The third kappa shape index (κ3) is 2.18. The molecule has 0 radical (unpaired) electrons. The van der Waals surface area contributed by atoms with E-state index in [-0.39, 0.29) is 16.7 Å². The number of nitrogens with zero attached hydrogens (tertiary/aromatic N) is 3. The lowest BCUT2D eigenvalue weighted by Crippen LogP contribution is -2.43. The zero-order chi connectivity index (χ0) is 14.1. The van der Waals surface area contributed by atoms with Gasteiger partial charge in [0.1, 0.15) is 5.69 Å². The summed E-state index contributed by atoms with van der Waals surface area (Å²) in [5.41, 5.74) is 7.39. The number of pyridine rings is 1. The van der Waals surface area contributed by atoms with Crippen molar-refractivity contribution >= 4 is 22.3 Å². The largest absolute Gasteiger partial charge is 0.364 e. The number of hydrogen-bond donors (Lipinski definition) is 1. The number of nitrogens with two attached hydrogens (primary N) is 1. The van der Waals surface area contributed by atoms with Crippen LogP contribution in [0.5, 0.6) is 0 Å². The minimum atomic E-state index is -0.320. The number of hydrogen-bond acceptors (Lipinski definition) is 5. The summed E-state index contributed by atoms with van der Waals surface area (Å²) in [7, 11) is 0. The van der Waals surface area contributed by atoms with Gasteiger partial charge in [0, 0.05) is 25.3 Å². The van der Waals surface area contributed by atoms with Crippen LogP contribution in [0.15, 0.2) is 30.5 Å². The summed E-state index contributed by atoms with van der Waals surface area (Å²) < 4.78 is 0. The molecule has 2 heterocycles. The number of rotatable bonds is 2. The normalized spacial score (nSPS) is 19.2. The van der Waals surface area contributed by atoms with Crippen LogP contribution in [0.1, 0.15) is 12.8 Å². The number of nitro groups is 1. The summed E-state index contributed by atoms with van der Waals surface area (Å²) in [5, 5.41) is 12.1. The average molecular weight is 272 g/mol. The van der Waals surface area contributed by atoms with Crippen molar-refractivity contribution in [2.24, 2.45) is 5.73 Å². The molecule has 20 heavy (non-hydrogen) atoms. The van der Waals surface area contributed by atoms with Gasteiger partial charge in [-0.3, -0.25) is 15.1 Å². The molecule has 1 aliphatic rings. The van der Waals surface area contributed by atoms with Gasteiger partial charge in [0.2, 0.25) is 0 Å². The first-order chi connectivity index (χ1) is 9.66. The van der Waals surface area contributed by atoms with Crippen molar-refractivity contribution in [1.29, 1.82) is 0 Å². The van der Waals surface area contributed by atoms with E-state index in [2.05, 4.69) is 4.98 Å². The molecule has 1 aromatic heterocycles. The molecule has 6 heteroatoms. The number of benzene rings is 1. The number of aromatic nitrogens is 1. The van der Waals surface area contributed by atoms with Crippen molar-refractivity contribution in [2.75, 3.05) is 18.0 Å². The van der Waals surface area contributed by atoms with Crippen molar-refractivity contribution in [1.82, 2.24) is 4.98 Å². The molecule has 1 aromatic carbocycles. The summed E-state index contributed by atoms with van der Waals surface area (Å²) in [6, 6.07) is 7.16. The molecule has 0 saturated carbocycles. The minimum absolute atomic E-state index is 0.0768. The second-order valence-electron chi connectivity index (χ2n) is 5.11. The Hall–Kier alpha value is -2.21. The van der Waals surface area contributed by atoms with Crippen LogP contribution in [0, 0.1) is 10.1 Å². The molecule has 2 N–H and O–H groups in total. The summed E-state index contributed by atoms with van der Waals surface area (Å²) in [6.07, 6.45) is 3.57. The number of anilines is 1. The Kier molecular flexibility index (Phi) is 3.23. The van der Waals surface area contributed by atoms with Gasteiger partial charge in [-0.05, 0) is 37.1 Å². The number of nitro benzene ring substituents is 1. The van der Waals surface area contributed by atoms with Crippen LogP contribution in [0.2, 0.25) is 0 Å². The Balaban J connectivity index is 2.14. The highest BCUT2D eigenvalue weighted by Crippen LogP contribution is 2.36. The average Bonchev–Trinajstić information content (AvgIpc) is 2.45. The highest BCUT2D eigenvalue weighted by atomic mass is 16.6. The molecular formula is C14H16N4O2. The van der Waals surface area contributed by atoms with E-state index >= 15 is 0 Å². The van der Waals surface area contributed by atoms with Crippen LogP contribution in [-0.2, 0) is 0 Å². The zero-order valence-electron chi connectivity index (χ0n) is 11.0. The quantitative estimate of drug-likeness (QED) is 0.668. The Morgan fingerprint density at radius 3 is 3.00 bits per heavy atom. The van der Waals surface area contributed by atoms with Crippen molar-refractivity contribution in [2.45, 2.75) is 18.9 Å². The third-order valence-electron chi connectivity index (χ3n) is 3.72. The summed E-state index contributed by atoms with van der Waals surface area (Å²) in [4.78, 5) is 17.4. The molecular weight excluding hydrogens is 256 g/mol. The van der Waals surface area contributed by atoms with Gasteiger partial charge in [-0.2, -0.15) is 0 Å². The second kappa shape index (κ2) is 5.05. The van der Waals surface area contributed by atoms with Crippen LogP contribution in [0.4, 0.5) is 11.4 Å². The fourth-order valence-electron chi connectivity index (χ4n) is 2.80. The SMILES string of the molecule is NC1CCCN(c2ccc3ncccc3c2[N+](=O)[O-])C1. The molecule has 1 saturated heterocycles. The van der Waals surface area contributed by atoms with E-state index < -0.39 is 0 Å². The zero-order valence-corrected chi connectivity index (χ0v) is 11.0. The molecule has 1 unspecified atom stereocenters. The topological polar surface area (TPSA) is 85.3 Å². The standard InChI is InChI=1S/C14H16N4O2/c15-10-3-2-8-17(9-10)13-6-5-12-11(4-1-7-16-12)14(13)18(19)20/h1,4-7,10H,2-3,8-9,15H2. The molecule has 0 bridgehead atoms. The van der Waals surface area contributed by atoms with Gasteiger partial charge in [0.25, 0.3) is 0 Å². The highest BCUT2D eigenvalue weighted by molar-refractivity contribution is 5.94. The molecule has 0 amide bonds. The molecule has 1 aliphatic heterocycles. The lowest BCUT2D eigenvalue weighted by atomic mass is 10.0. The van der Waals surface area contributed by atoms with Crippen LogP contribution >= 0.6 is 0 Å². The Labute approximate surface area is 116 Å². The van der Waals surface area contributed by atoms with E-state index in [4.69, 9.17) is 5.73 Å². The Morgan fingerprint density at radius 2 is 2.25 bits per heavy atom. The Bertz CT molecular complexity index is 659. The lowest BCUT2D eigenvalue weighted by Gasteiger charge is -2.32. The molecule has 1 fully saturated rings. The van der Waals surface area contributed by atoms with E-state index in [1.807, 2.05) is 11.0 Å². The van der Waals surface area contributed by atoms with E-state index in [9.17, 15) is 10.1 Å². The van der Waals surface area contributed by atoms with Gasteiger partial charge >= 0.3 is 5.69 Å². The van der Waals surface area contributed by atoms with Crippen LogP contribution < -0.4 is 10.6 Å². The van der Waals surface area contributed by atoms with Gasteiger partial charge in [-0.15, -0.1) is 0 Å². The van der Waals surface area contributed by atoms with Gasteiger partial charge in [-0.1, -0.05) is 0 Å². The maximum absolute atomic E-state index is 11.5. The fourth-order valence-corrected chi connectivity index (χ4v) is 2.80. The molecule has 3 rings (SSSR count). The van der Waals surface area contributed by atoms with E-state index in [0.717, 1.165) is 19.4 Å². The highest BCUT2D eigenvalue weighted by Gasteiger charge is 2.26. The number of fused-ring (bicyclic) bond motifs is 1. The van der Waals surface area contributed by atoms with Gasteiger partial charge in [-0.25, -0.2) is 0 Å². The molecule has 1 atom stereocenters. The van der Waals surface area contributed by atoms with Crippen LogP contribution in [0.25, 0.3) is 10.9 Å². The van der Waals surface area contributed by atoms with Gasteiger partial charge < -0.3 is 10.6 Å². The second-order valence-corrected chi connectivity index (χ2v) is 5.11. The maximum Gasteiger partial charge on any atom is 0.301 e. The monoisotopic (exact) mass is 272 g/mol. The van der Waals surface area contributed by atoms with Gasteiger partial charge in [0.15, 0.2) is 0 Å².